The fraction of sp³-hybridized carbons (Fsp3) is 0.312. The zero-order chi connectivity index (χ0) is 15.1. The molecule has 0 aliphatic heterocycles. The quantitative estimate of drug-likeness (QED) is 0.446. The molecule has 1 heterocycles. The van der Waals surface area contributed by atoms with Crippen molar-refractivity contribution in [1.29, 1.82) is 0 Å². The van der Waals surface area contributed by atoms with Gasteiger partial charge < -0.3 is 15.1 Å². The molecule has 1 aromatic heterocycles. The summed E-state index contributed by atoms with van der Waals surface area (Å²) in [4.78, 5) is 4.15. The van der Waals surface area contributed by atoms with E-state index in [1.54, 1.807) is 26.3 Å². The van der Waals surface area contributed by atoms with Crippen molar-refractivity contribution < 1.29 is 8.81 Å². The molecule has 120 valence electrons. The van der Waals surface area contributed by atoms with Gasteiger partial charge >= 0.3 is 0 Å². The summed E-state index contributed by atoms with van der Waals surface area (Å²) >= 11 is 0. The van der Waals surface area contributed by atoms with Crippen LogP contribution in [0.4, 0.5) is 4.39 Å². The Labute approximate surface area is 147 Å². The largest absolute Gasteiger partial charge is 0.469 e. The van der Waals surface area contributed by atoms with Crippen LogP contribution in [0.15, 0.2) is 46.0 Å². The van der Waals surface area contributed by atoms with E-state index in [-0.39, 0.29) is 29.8 Å². The lowest BCUT2D eigenvalue weighted by molar-refractivity contribution is 0.507. The maximum absolute atomic E-state index is 13.2. The Morgan fingerprint density at radius 3 is 2.73 bits per heavy atom. The second-order valence-electron chi connectivity index (χ2n) is 4.77. The van der Waals surface area contributed by atoms with E-state index in [4.69, 9.17) is 4.42 Å². The van der Waals surface area contributed by atoms with Crippen molar-refractivity contribution in [3.8, 4) is 0 Å². The highest BCUT2D eigenvalue weighted by molar-refractivity contribution is 14.0. The average molecular weight is 417 g/mol. The number of aliphatic imine (C=N–C) groups is 1. The summed E-state index contributed by atoms with van der Waals surface area (Å²) in [6.07, 6.45) is 2.46. The van der Waals surface area contributed by atoms with Crippen LogP contribution in [0.3, 0.4) is 0 Å². The smallest absolute Gasteiger partial charge is 0.191 e. The molecular formula is C16H21FIN3O. The number of aryl methyl sites for hydroxylation is 1. The third kappa shape index (κ3) is 5.67. The van der Waals surface area contributed by atoms with Gasteiger partial charge in [-0.25, -0.2) is 4.39 Å². The van der Waals surface area contributed by atoms with Crippen molar-refractivity contribution in [2.45, 2.75) is 19.9 Å². The van der Waals surface area contributed by atoms with Crippen LogP contribution in [0.1, 0.15) is 16.9 Å². The number of hydrogen-bond donors (Lipinski definition) is 2. The van der Waals surface area contributed by atoms with E-state index >= 15 is 0 Å². The monoisotopic (exact) mass is 417 g/mol. The summed E-state index contributed by atoms with van der Waals surface area (Å²) in [5.41, 5.74) is 1.66. The lowest BCUT2D eigenvalue weighted by atomic mass is 10.1. The number of nitrogens with zero attached hydrogens (tertiary/aromatic N) is 1. The number of benzene rings is 1. The Bertz CT molecular complexity index is 599. The number of guanidine groups is 1. The van der Waals surface area contributed by atoms with Crippen molar-refractivity contribution in [2.24, 2.45) is 4.99 Å². The maximum Gasteiger partial charge on any atom is 0.191 e. The van der Waals surface area contributed by atoms with Crippen molar-refractivity contribution in [3.63, 3.8) is 0 Å². The number of halogens is 2. The molecule has 0 aliphatic rings. The Balaban J connectivity index is 0.00000242. The Morgan fingerprint density at radius 1 is 1.27 bits per heavy atom. The standard InChI is InChI=1S/C16H20FN3O.HI/c1-12-10-13(5-6-15(12)17)11-20-16(18-2)19-8-7-14-4-3-9-21-14;/h3-6,9-10H,7-8,11H2,1-2H3,(H2,18,19,20);1H. The topological polar surface area (TPSA) is 49.6 Å². The van der Waals surface area contributed by atoms with Crippen LogP contribution in [0.2, 0.25) is 0 Å². The van der Waals surface area contributed by atoms with Gasteiger partial charge in [0.15, 0.2) is 5.96 Å². The van der Waals surface area contributed by atoms with Gasteiger partial charge in [0.05, 0.1) is 6.26 Å². The van der Waals surface area contributed by atoms with Crippen molar-refractivity contribution in [3.05, 3.63) is 59.3 Å². The molecule has 22 heavy (non-hydrogen) atoms. The second kappa shape index (κ2) is 9.45. The number of hydrogen-bond acceptors (Lipinski definition) is 2. The highest BCUT2D eigenvalue weighted by Crippen LogP contribution is 2.08. The number of nitrogens with one attached hydrogen (secondary N) is 2. The minimum absolute atomic E-state index is 0. The molecule has 2 aromatic rings. The lowest BCUT2D eigenvalue weighted by Crippen LogP contribution is -2.37. The third-order valence-corrected chi connectivity index (χ3v) is 3.15. The Morgan fingerprint density at radius 2 is 2.09 bits per heavy atom. The molecule has 1 aromatic carbocycles. The van der Waals surface area contributed by atoms with E-state index in [0.717, 1.165) is 24.3 Å². The normalized spacial score (nSPS) is 11.0. The van der Waals surface area contributed by atoms with Crippen LogP contribution in [0.5, 0.6) is 0 Å². The molecule has 0 unspecified atom stereocenters. The van der Waals surface area contributed by atoms with E-state index in [9.17, 15) is 4.39 Å². The molecule has 0 saturated heterocycles. The molecule has 0 spiro atoms. The third-order valence-electron chi connectivity index (χ3n) is 3.15. The minimum atomic E-state index is -0.181. The Hall–Kier alpha value is -1.57. The van der Waals surface area contributed by atoms with Crippen LogP contribution < -0.4 is 10.6 Å². The molecule has 0 saturated carbocycles. The fourth-order valence-electron chi connectivity index (χ4n) is 1.98. The molecular weight excluding hydrogens is 396 g/mol. The van der Waals surface area contributed by atoms with Crippen LogP contribution in [-0.4, -0.2) is 19.6 Å². The van der Waals surface area contributed by atoms with Crippen molar-refractivity contribution in [1.82, 2.24) is 10.6 Å². The lowest BCUT2D eigenvalue weighted by Gasteiger charge is -2.12. The van der Waals surface area contributed by atoms with E-state index in [1.807, 2.05) is 18.2 Å². The molecule has 0 bridgehead atoms. The minimum Gasteiger partial charge on any atom is -0.469 e. The van der Waals surface area contributed by atoms with Gasteiger partial charge in [0.1, 0.15) is 11.6 Å². The molecule has 0 fully saturated rings. The molecule has 0 atom stereocenters. The van der Waals surface area contributed by atoms with Crippen LogP contribution >= 0.6 is 24.0 Å². The predicted octanol–water partition coefficient (Wildman–Crippen LogP) is 3.25. The summed E-state index contributed by atoms with van der Waals surface area (Å²) in [7, 11) is 1.72. The highest BCUT2D eigenvalue weighted by Gasteiger charge is 2.02. The predicted molar refractivity (Wildman–Crippen MR) is 97.2 cm³/mol. The molecule has 6 heteroatoms. The first-order chi connectivity index (χ1) is 10.2. The van der Waals surface area contributed by atoms with Gasteiger partial charge in [-0.05, 0) is 36.2 Å². The summed E-state index contributed by atoms with van der Waals surface area (Å²) in [5.74, 6) is 1.47. The number of furan rings is 1. The van der Waals surface area contributed by atoms with Crippen molar-refractivity contribution in [2.75, 3.05) is 13.6 Å². The van der Waals surface area contributed by atoms with E-state index < -0.39 is 0 Å². The van der Waals surface area contributed by atoms with Gasteiger partial charge in [-0.3, -0.25) is 4.99 Å². The molecule has 2 rings (SSSR count). The highest BCUT2D eigenvalue weighted by atomic mass is 127. The van der Waals surface area contributed by atoms with Gasteiger partial charge in [0, 0.05) is 26.6 Å². The van der Waals surface area contributed by atoms with E-state index in [0.29, 0.717) is 18.1 Å². The summed E-state index contributed by atoms with van der Waals surface area (Å²) in [5, 5.41) is 6.41. The van der Waals surface area contributed by atoms with Gasteiger partial charge in [0.25, 0.3) is 0 Å². The van der Waals surface area contributed by atoms with Gasteiger partial charge in [-0.15, -0.1) is 24.0 Å². The summed E-state index contributed by atoms with van der Waals surface area (Å²) < 4.78 is 18.5. The van der Waals surface area contributed by atoms with Crippen LogP contribution in [0, 0.1) is 12.7 Å². The first kappa shape index (κ1) is 18.5. The molecule has 0 radical (unpaired) electrons. The molecule has 4 nitrogen and oxygen atoms in total. The van der Waals surface area contributed by atoms with Crippen LogP contribution in [0.25, 0.3) is 0 Å². The molecule has 2 N–H and O–H groups in total. The van der Waals surface area contributed by atoms with Gasteiger partial charge in [-0.2, -0.15) is 0 Å². The maximum atomic E-state index is 13.2. The summed E-state index contributed by atoms with van der Waals surface area (Å²) in [6, 6.07) is 8.90. The average Bonchev–Trinajstić information content (AvgIpc) is 2.99. The van der Waals surface area contributed by atoms with E-state index in [2.05, 4.69) is 15.6 Å². The second-order valence-corrected chi connectivity index (χ2v) is 4.77. The van der Waals surface area contributed by atoms with Crippen LogP contribution in [-0.2, 0) is 13.0 Å². The SMILES string of the molecule is CN=C(NCCc1ccco1)NCc1ccc(F)c(C)c1.I. The van der Waals surface area contributed by atoms with Gasteiger partial charge in [0.2, 0.25) is 0 Å². The van der Waals surface area contributed by atoms with Gasteiger partial charge in [-0.1, -0.05) is 12.1 Å². The zero-order valence-corrected chi connectivity index (χ0v) is 15.1. The summed E-state index contributed by atoms with van der Waals surface area (Å²) in [6.45, 7) is 3.09. The first-order valence-electron chi connectivity index (χ1n) is 6.91. The van der Waals surface area contributed by atoms with Crippen molar-refractivity contribution >= 4 is 29.9 Å². The zero-order valence-electron chi connectivity index (χ0n) is 12.7. The number of rotatable bonds is 5. The first-order valence-corrected chi connectivity index (χ1v) is 6.91. The molecule has 0 amide bonds. The molecule has 0 aliphatic carbocycles. The van der Waals surface area contributed by atoms with E-state index in [1.165, 1.54) is 6.07 Å². The fourth-order valence-corrected chi connectivity index (χ4v) is 1.98. The Kier molecular flexibility index (Phi) is 7.94.